The average molecular weight is 273 g/mol. The third kappa shape index (κ3) is 1.90. The van der Waals surface area contributed by atoms with Gasteiger partial charge in [0.1, 0.15) is 5.92 Å². The Morgan fingerprint density at radius 3 is 2.55 bits per heavy atom. The van der Waals surface area contributed by atoms with Gasteiger partial charge < -0.3 is 10.0 Å². The number of amides is 1. The molecule has 1 N–H and O–H groups in total. The highest BCUT2D eigenvalue weighted by atomic mass is 16.4. The van der Waals surface area contributed by atoms with Crippen molar-refractivity contribution in [2.45, 2.75) is 38.5 Å². The molecule has 4 nitrogen and oxygen atoms in total. The smallest absolute Gasteiger partial charge is 0.312 e. The van der Waals surface area contributed by atoms with Gasteiger partial charge in [-0.25, -0.2) is 0 Å². The number of rotatable bonds is 2. The van der Waals surface area contributed by atoms with Crippen LogP contribution >= 0.6 is 0 Å². The Labute approximate surface area is 118 Å². The Kier molecular flexibility index (Phi) is 3.04. The first-order valence-corrected chi connectivity index (χ1v) is 7.17. The summed E-state index contributed by atoms with van der Waals surface area (Å²) in [6, 6.07) is 7.37. The number of hydrogen-bond acceptors (Lipinski definition) is 2. The predicted molar refractivity (Wildman–Crippen MR) is 75.7 cm³/mol. The number of aliphatic carboxylic acids is 1. The van der Waals surface area contributed by atoms with Gasteiger partial charge in [0, 0.05) is 17.6 Å². The van der Waals surface area contributed by atoms with E-state index in [0.29, 0.717) is 0 Å². The number of fused-ring (bicyclic) bond motifs is 1. The van der Waals surface area contributed by atoms with E-state index < -0.39 is 11.9 Å². The summed E-state index contributed by atoms with van der Waals surface area (Å²) in [5, 5.41) is 9.35. The molecule has 1 aliphatic carbocycles. The average Bonchev–Trinajstić information content (AvgIpc) is 3.03. The minimum absolute atomic E-state index is 0.0891. The van der Waals surface area contributed by atoms with Gasteiger partial charge in [-0.05, 0) is 24.5 Å². The van der Waals surface area contributed by atoms with Crippen LogP contribution in [0.4, 0.5) is 5.69 Å². The summed E-state index contributed by atoms with van der Waals surface area (Å²) >= 11 is 0. The van der Waals surface area contributed by atoms with Crippen molar-refractivity contribution in [3.63, 3.8) is 0 Å². The van der Waals surface area contributed by atoms with Gasteiger partial charge in [0.25, 0.3) is 0 Å². The Morgan fingerprint density at radius 1 is 1.25 bits per heavy atom. The highest BCUT2D eigenvalue weighted by molar-refractivity contribution is 6.01. The lowest BCUT2D eigenvalue weighted by Gasteiger charge is -2.29. The Morgan fingerprint density at radius 2 is 1.90 bits per heavy atom. The van der Waals surface area contributed by atoms with Crippen molar-refractivity contribution in [2.24, 2.45) is 5.41 Å². The first-order valence-electron chi connectivity index (χ1n) is 7.17. The molecule has 0 spiro atoms. The standard InChI is InChI=1S/C16H19NO3/c1-16(8-4-5-9-16)15(20)17-10-12(14(18)19)11-6-2-3-7-13(11)17/h2-3,6-7,12H,4-5,8-10H2,1H3,(H,18,19). The van der Waals surface area contributed by atoms with Gasteiger partial charge in [-0.3, -0.25) is 9.59 Å². The number of benzene rings is 1. The SMILES string of the molecule is CC1(C(=O)N2CC(C(=O)O)c3ccccc32)CCCC1. The Hall–Kier alpha value is -1.84. The Bertz CT molecular complexity index is 561. The molecule has 1 amide bonds. The molecule has 0 bridgehead atoms. The van der Waals surface area contributed by atoms with E-state index in [4.69, 9.17) is 0 Å². The van der Waals surface area contributed by atoms with Crippen LogP contribution in [0.1, 0.15) is 44.1 Å². The van der Waals surface area contributed by atoms with Gasteiger partial charge in [-0.15, -0.1) is 0 Å². The minimum atomic E-state index is -0.857. The van der Waals surface area contributed by atoms with Crippen LogP contribution in [-0.4, -0.2) is 23.5 Å². The normalized spacial score (nSPS) is 23.6. The molecule has 1 fully saturated rings. The summed E-state index contributed by atoms with van der Waals surface area (Å²) in [6.07, 6.45) is 3.98. The fraction of sp³-hybridized carbons (Fsp3) is 0.500. The predicted octanol–water partition coefficient (Wildman–Crippen LogP) is 2.78. The molecule has 1 aliphatic heterocycles. The molecule has 1 unspecified atom stereocenters. The minimum Gasteiger partial charge on any atom is -0.481 e. The highest BCUT2D eigenvalue weighted by Gasteiger charge is 2.44. The summed E-state index contributed by atoms with van der Waals surface area (Å²) in [4.78, 5) is 25.9. The summed E-state index contributed by atoms with van der Waals surface area (Å²) < 4.78 is 0. The molecule has 20 heavy (non-hydrogen) atoms. The van der Waals surface area contributed by atoms with Crippen LogP contribution in [0.25, 0.3) is 0 Å². The number of carbonyl (C=O) groups excluding carboxylic acids is 1. The molecular formula is C16H19NO3. The van der Waals surface area contributed by atoms with Gasteiger partial charge in [-0.2, -0.15) is 0 Å². The number of nitrogens with zero attached hydrogens (tertiary/aromatic N) is 1. The van der Waals surface area contributed by atoms with E-state index in [-0.39, 0.29) is 17.9 Å². The van der Waals surface area contributed by atoms with E-state index in [1.54, 1.807) is 4.90 Å². The number of para-hydroxylation sites is 1. The molecule has 0 radical (unpaired) electrons. The molecule has 1 aromatic carbocycles. The lowest BCUT2D eigenvalue weighted by atomic mass is 9.87. The van der Waals surface area contributed by atoms with Crippen LogP contribution < -0.4 is 4.90 Å². The lowest BCUT2D eigenvalue weighted by molar-refractivity contribution is -0.138. The molecule has 0 saturated heterocycles. The van der Waals surface area contributed by atoms with Gasteiger partial charge in [0.2, 0.25) is 5.91 Å². The molecule has 0 aromatic heterocycles. The van der Waals surface area contributed by atoms with E-state index in [1.165, 1.54) is 0 Å². The molecule has 1 saturated carbocycles. The van der Waals surface area contributed by atoms with Crippen LogP contribution in [0.15, 0.2) is 24.3 Å². The zero-order valence-electron chi connectivity index (χ0n) is 11.6. The fourth-order valence-electron chi connectivity index (χ4n) is 3.51. The van der Waals surface area contributed by atoms with Crippen LogP contribution in [-0.2, 0) is 9.59 Å². The lowest BCUT2D eigenvalue weighted by Crippen LogP contribution is -2.41. The van der Waals surface area contributed by atoms with E-state index in [1.807, 2.05) is 31.2 Å². The monoisotopic (exact) mass is 273 g/mol. The number of carboxylic acid groups (broad SMARTS) is 1. The van der Waals surface area contributed by atoms with Gasteiger partial charge in [-0.1, -0.05) is 38.0 Å². The quantitative estimate of drug-likeness (QED) is 0.901. The fourth-order valence-corrected chi connectivity index (χ4v) is 3.51. The first-order chi connectivity index (χ1) is 9.53. The zero-order valence-corrected chi connectivity index (χ0v) is 11.6. The number of carboxylic acids is 1. The van der Waals surface area contributed by atoms with Crippen molar-refractivity contribution in [3.05, 3.63) is 29.8 Å². The second-order valence-electron chi connectivity index (χ2n) is 6.13. The van der Waals surface area contributed by atoms with Crippen molar-refractivity contribution in [3.8, 4) is 0 Å². The van der Waals surface area contributed by atoms with E-state index in [0.717, 1.165) is 36.9 Å². The summed E-state index contributed by atoms with van der Waals surface area (Å²) in [5.74, 6) is -1.37. The molecule has 1 atom stereocenters. The number of carbonyl (C=O) groups is 2. The number of hydrogen-bond donors (Lipinski definition) is 1. The third-order valence-electron chi connectivity index (χ3n) is 4.73. The highest BCUT2D eigenvalue weighted by Crippen LogP contribution is 2.44. The molecule has 1 heterocycles. The van der Waals surface area contributed by atoms with Crippen LogP contribution in [0.3, 0.4) is 0 Å². The van der Waals surface area contributed by atoms with Gasteiger partial charge in [0.15, 0.2) is 0 Å². The number of anilines is 1. The van der Waals surface area contributed by atoms with Crippen molar-refractivity contribution in [1.29, 1.82) is 0 Å². The first kappa shape index (κ1) is 13.2. The maximum absolute atomic E-state index is 12.8. The van der Waals surface area contributed by atoms with Gasteiger partial charge in [0.05, 0.1) is 0 Å². The molecule has 106 valence electrons. The van der Waals surface area contributed by atoms with Gasteiger partial charge >= 0.3 is 5.97 Å². The molecule has 2 aliphatic rings. The molecule has 1 aromatic rings. The summed E-state index contributed by atoms with van der Waals surface area (Å²) in [5.41, 5.74) is 1.22. The van der Waals surface area contributed by atoms with Crippen LogP contribution in [0.5, 0.6) is 0 Å². The Balaban J connectivity index is 1.96. The molecule has 4 heteroatoms. The van der Waals surface area contributed by atoms with E-state index >= 15 is 0 Å². The maximum atomic E-state index is 12.8. The van der Waals surface area contributed by atoms with E-state index in [2.05, 4.69) is 0 Å². The van der Waals surface area contributed by atoms with Crippen LogP contribution in [0, 0.1) is 5.41 Å². The van der Waals surface area contributed by atoms with Crippen molar-refractivity contribution >= 4 is 17.6 Å². The third-order valence-corrected chi connectivity index (χ3v) is 4.73. The molecule has 3 rings (SSSR count). The topological polar surface area (TPSA) is 57.6 Å². The largest absolute Gasteiger partial charge is 0.481 e. The molecular weight excluding hydrogens is 254 g/mol. The second-order valence-corrected chi connectivity index (χ2v) is 6.13. The van der Waals surface area contributed by atoms with Crippen LogP contribution in [0.2, 0.25) is 0 Å². The summed E-state index contributed by atoms with van der Waals surface area (Å²) in [6.45, 7) is 2.28. The van der Waals surface area contributed by atoms with Crippen molar-refractivity contribution < 1.29 is 14.7 Å². The zero-order chi connectivity index (χ0) is 14.3. The van der Waals surface area contributed by atoms with Crippen molar-refractivity contribution in [2.75, 3.05) is 11.4 Å². The maximum Gasteiger partial charge on any atom is 0.312 e. The van der Waals surface area contributed by atoms with E-state index in [9.17, 15) is 14.7 Å². The van der Waals surface area contributed by atoms with Crippen molar-refractivity contribution in [1.82, 2.24) is 0 Å². The summed E-state index contributed by atoms with van der Waals surface area (Å²) in [7, 11) is 0. The second kappa shape index (κ2) is 4.62.